The van der Waals surface area contributed by atoms with Gasteiger partial charge in [0, 0.05) is 24.6 Å². The number of benzene rings is 2. The second kappa shape index (κ2) is 9.56. The van der Waals surface area contributed by atoms with Gasteiger partial charge in [0.15, 0.2) is 0 Å². The molecular formula is C23H23BrF3N5O. The van der Waals surface area contributed by atoms with Gasteiger partial charge >= 0.3 is 12.2 Å². The van der Waals surface area contributed by atoms with Crippen LogP contribution in [0.4, 0.5) is 23.8 Å². The standard InChI is InChI=1S/C23H23BrF3N5O/c1-15-20(24)30-32(17-10-6-3-7-11-17)21(15)29-22(33)28-19-13-31(14-23(25,26)27)12-18(19)16-8-4-2-5-9-16/h2-11,18-19H,12-14H2,1H3,(H2,28,29,33)/t18-,19+/m0/s1. The molecule has 0 saturated carbocycles. The lowest BCUT2D eigenvalue weighted by Crippen LogP contribution is -2.43. The normalized spacial score (nSPS) is 18.9. The number of carbonyl (C=O) groups is 1. The van der Waals surface area contributed by atoms with E-state index >= 15 is 0 Å². The minimum atomic E-state index is -4.30. The van der Waals surface area contributed by atoms with Gasteiger partial charge in [-0.2, -0.15) is 18.3 Å². The Morgan fingerprint density at radius 2 is 1.73 bits per heavy atom. The first-order valence-corrected chi connectivity index (χ1v) is 11.2. The average molecular weight is 522 g/mol. The minimum Gasteiger partial charge on any atom is -0.333 e. The van der Waals surface area contributed by atoms with E-state index < -0.39 is 24.8 Å². The van der Waals surface area contributed by atoms with Crippen molar-refractivity contribution in [1.29, 1.82) is 0 Å². The van der Waals surface area contributed by atoms with Crippen LogP contribution in [0.15, 0.2) is 65.3 Å². The van der Waals surface area contributed by atoms with Crippen LogP contribution >= 0.6 is 15.9 Å². The van der Waals surface area contributed by atoms with Gasteiger partial charge in [0.2, 0.25) is 0 Å². The van der Waals surface area contributed by atoms with Crippen LogP contribution in [0.1, 0.15) is 17.0 Å². The highest BCUT2D eigenvalue weighted by Gasteiger charge is 2.40. The summed E-state index contributed by atoms with van der Waals surface area (Å²) in [7, 11) is 0. The molecule has 3 aromatic rings. The Kier molecular flexibility index (Phi) is 6.76. The smallest absolute Gasteiger partial charge is 0.333 e. The fraction of sp³-hybridized carbons (Fsp3) is 0.304. The zero-order chi connectivity index (χ0) is 23.6. The Bertz CT molecular complexity index is 1100. The molecule has 0 unspecified atom stereocenters. The van der Waals surface area contributed by atoms with E-state index in [0.717, 1.165) is 16.8 Å². The van der Waals surface area contributed by atoms with Gasteiger partial charge in [0.25, 0.3) is 0 Å². The van der Waals surface area contributed by atoms with Crippen molar-refractivity contribution in [2.24, 2.45) is 0 Å². The molecule has 2 aromatic carbocycles. The lowest BCUT2D eigenvalue weighted by atomic mass is 9.94. The summed E-state index contributed by atoms with van der Waals surface area (Å²) < 4.78 is 41.2. The summed E-state index contributed by atoms with van der Waals surface area (Å²) in [5, 5.41) is 10.2. The molecule has 1 aromatic heterocycles. The van der Waals surface area contributed by atoms with E-state index in [9.17, 15) is 18.0 Å². The molecule has 174 valence electrons. The third-order valence-corrected chi connectivity index (χ3v) is 6.39. The summed E-state index contributed by atoms with van der Waals surface area (Å²) in [5.74, 6) is 0.221. The van der Waals surface area contributed by atoms with Crippen molar-refractivity contribution in [3.05, 3.63) is 76.4 Å². The van der Waals surface area contributed by atoms with Gasteiger partial charge in [-0.3, -0.25) is 10.2 Å². The Labute approximate surface area is 197 Å². The van der Waals surface area contributed by atoms with E-state index in [0.29, 0.717) is 10.4 Å². The molecule has 0 aliphatic carbocycles. The zero-order valence-corrected chi connectivity index (χ0v) is 19.4. The van der Waals surface area contributed by atoms with Gasteiger partial charge < -0.3 is 5.32 Å². The number of aromatic nitrogens is 2. The van der Waals surface area contributed by atoms with Crippen LogP contribution in [0, 0.1) is 6.92 Å². The summed E-state index contributed by atoms with van der Waals surface area (Å²) in [6.45, 7) is 1.12. The molecular weight excluding hydrogens is 499 g/mol. The number of hydrogen-bond donors (Lipinski definition) is 2. The van der Waals surface area contributed by atoms with E-state index in [2.05, 4.69) is 31.7 Å². The molecule has 2 amide bonds. The molecule has 0 spiro atoms. The first-order valence-electron chi connectivity index (χ1n) is 10.4. The third-order valence-electron chi connectivity index (χ3n) is 5.64. The number of para-hydroxylation sites is 1. The Morgan fingerprint density at radius 1 is 1.09 bits per heavy atom. The number of rotatable bonds is 5. The first-order chi connectivity index (χ1) is 15.7. The predicted molar refractivity (Wildman–Crippen MR) is 124 cm³/mol. The van der Waals surface area contributed by atoms with Crippen LogP contribution in [-0.2, 0) is 0 Å². The maximum atomic E-state index is 13.0. The molecule has 6 nitrogen and oxygen atoms in total. The van der Waals surface area contributed by atoms with E-state index in [4.69, 9.17) is 0 Å². The summed E-state index contributed by atoms with van der Waals surface area (Å²) in [4.78, 5) is 14.3. The highest BCUT2D eigenvalue weighted by atomic mass is 79.9. The summed E-state index contributed by atoms with van der Waals surface area (Å²) in [6.07, 6.45) is -4.30. The molecule has 4 rings (SSSR count). The number of nitrogens with one attached hydrogen (secondary N) is 2. The first kappa shape index (κ1) is 23.3. The number of urea groups is 1. The number of alkyl halides is 3. The average Bonchev–Trinajstić information content (AvgIpc) is 3.29. The van der Waals surface area contributed by atoms with E-state index in [1.54, 1.807) is 4.68 Å². The Morgan fingerprint density at radius 3 is 2.36 bits per heavy atom. The van der Waals surface area contributed by atoms with Crippen molar-refractivity contribution < 1.29 is 18.0 Å². The highest BCUT2D eigenvalue weighted by Crippen LogP contribution is 2.31. The van der Waals surface area contributed by atoms with Crippen molar-refractivity contribution in [2.75, 3.05) is 25.0 Å². The van der Waals surface area contributed by atoms with Gasteiger partial charge in [-0.25, -0.2) is 9.48 Å². The molecule has 1 aliphatic heterocycles. The maximum Gasteiger partial charge on any atom is 0.401 e. The number of hydrogen-bond acceptors (Lipinski definition) is 3. The number of likely N-dealkylation sites (tertiary alicyclic amines) is 1. The van der Waals surface area contributed by atoms with Crippen molar-refractivity contribution in [3.63, 3.8) is 0 Å². The summed E-state index contributed by atoms with van der Waals surface area (Å²) >= 11 is 3.40. The van der Waals surface area contributed by atoms with Gasteiger partial charge in [-0.1, -0.05) is 48.5 Å². The van der Waals surface area contributed by atoms with Crippen LogP contribution in [-0.4, -0.2) is 52.6 Å². The highest BCUT2D eigenvalue weighted by molar-refractivity contribution is 9.10. The zero-order valence-electron chi connectivity index (χ0n) is 17.8. The molecule has 2 atom stereocenters. The Hall–Kier alpha value is -2.85. The molecule has 2 N–H and O–H groups in total. The number of amides is 2. The van der Waals surface area contributed by atoms with Crippen molar-refractivity contribution in [2.45, 2.75) is 25.1 Å². The third kappa shape index (κ3) is 5.56. The molecule has 33 heavy (non-hydrogen) atoms. The summed E-state index contributed by atoms with van der Waals surface area (Å²) in [6, 6.07) is 17.6. The van der Waals surface area contributed by atoms with Crippen molar-refractivity contribution in [3.8, 4) is 5.69 Å². The molecule has 0 radical (unpaired) electrons. The molecule has 1 saturated heterocycles. The molecule has 0 bridgehead atoms. The molecule has 10 heteroatoms. The monoisotopic (exact) mass is 521 g/mol. The summed E-state index contributed by atoms with van der Waals surface area (Å²) in [5.41, 5.74) is 2.39. The van der Waals surface area contributed by atoms with Crippen LogP contribution in [0.3, 0.4) is 0 Å². The quantitative estimate of drug-likeness (QED) is 0.491. The van der Waals surface area contributed by atoms with E-state index in [1.165, 1.54) is 4.90 Å². The topological polar surface area (TPSA) is 62.2 Å². The number of nitrogens with zero attached hydrogens (tertiary/aromatic N) is 3. The predicted octanol–water partition coefficient (Wildman–Crippen LogP) is 5.10. The second-order valence-corrected chi connectivity index (χ2v) is 8.79. The molecule has 1 aliphatic rings. The van der Waals surface area contributed by atoms with Gasteiger partial charge in [0.1, 0.15) is 10.4 Å². The SMILES string of the molecule is Cc1c(Br)nn(-c2ccccc2)c1NC(=O)N[C@@H]1CN(CC(F)(F)F)C[C@H]1c1ccccc1. The van der Waals surface area contributed by atoms with Gasteiger partial charge in [0.05, 0.1) is 18.3 Å². The maximum absolute atomic E-state index is 13.0. The van der Waals surface area contributed by atoms with E-state index in [-0.39, 0.29) is 19.0 Å². The second-order valence-electron chi connectivity index (χ2n) is 8.04. The van der Waals surface area contributed by atoms with Crippen LogP contribution in [0.2, 0.25) is 0 Å². The Balaban J connectivity index is 1.53. The van der Waals surface area contributed by atoms with E-state index in [1.807, 2.05) is 67.6 Å². The van der Waals surface area contributed by atoms with Crippen molar-refractivity contribution >= 4 is 27.8 Å². The van der Waals surface area contributed by atoms with Crippen LogP contribution in [0.5, 0.6) is 0 Å². The lowest BCUT2D eigenvalue weighted by Gasteiger charge is -2.21. The van der Waals surface area contributed by atoms with Crippen molar-refractivity contribution in [1.82, 2.24) is 20.0 Å². The molecule has 1 fully saturated rings. The van der Waals surface area contributed by atoms with Gasteiger partial charge in [-0.05, 0) is 40.5 Å². The number of carbonyl (C=O) groups excluding carboxylic acids is 1. The van der Waals surface area contributed by atoms with Crippen LogP contribution < -0.4 is 10.6 Å². The van der Waals surface area contributed by atoms with Gasteiger partial charge in [-0.15, -0.1) is 0 Å². The lowest BCUT2D eigenvalue weighted by molar-refractivity contribution is -0.143. The fourth-order valence-corrected chi connectivity index (χ4v) is 4.48. The molecule has 2 heterocycles. The number of anilines is 1. The number of halogens is 4. The largest absolute Gasteiger partial charge is 0.401 e. The fourth-order valence-electron chi connectivity index (χ4n) is 4.14. The van der Waals surface area contributed by atoms with Crippen LogP contribution in [0.25, 0.3) is 5.69 Å². The minimum absolute atomic E-state index is 0.104.